The first-order chi connectivity index (χ1) is 34.0. The molecule has 4 aromatic carbocycles. The van der Waals surface area contributed by atoms with Gasteiger partial charge in [0.2, 0.25) is 18.1 Å². The van der Waals surface area contributed by atoms with Gasteiger partial charge in [0.25, 0.3) is 0 Å². The third-order valence-electron chi connectivity index (χ3n) is 9.57. The van der Waals surface area contributed by atoms with Crippen LogP contribution in [0, 0.1) is 0 Å². The van der Waals surface area contributed by atoms with Gasteiger partial charge in [-0.25, -0.2) is 9.59 Å². The molecule has 0 aliphatic carbocycles. The lowest BCUT2D eigenvalue weighted by atomic mass is 10.1. The quantitative estimate of drug-likeness (QED) is 0.0276. The van der Waals surface area contributed by atoms with Gasteiger partial charge in [-0.1, -0.05) is 127 Å². The molecule has 0 unspecified atom stereocenters. The smallest absolute Gasteiger partial charge is 0.416 e. The van der Waals surface area contributed by atoms with Crippen molar-refractivity contribution in [1.82, 2.24) is 5.32 Å². The van der Waals surface area contributed by atoms with E-state index in [1.807, 2.05) is 6.08 Å². The first kappa shape index (κ1) is 59.0. The van der Waals surface area contributed by atoms with Crippen molar-refractivity contribution in [3.8, 4) is 11.5 Å². The van der Waals surface area contributed by atoms with Gasteiger partial charge in [0, 0.05) is 34.1 Å². The van der Waals surface area contributed by atoms with Crippen LogP contribution in [-0.2, 0) is 36.2 Å². The summed E-state index contributed by atoms with van der Waals surface area (Å²) in [6.45, 7) is 2.16. The predicted octanol–water partition coefficient (Wildman–Crippen LogP) is 14.0. The highest BCUT2D eigenvalue weighted by Crippen LogP contribution is 2.35. The van der Waals surface area contributed by atoms with Gasteiger partial charge in [0.05, 0.1) is 17.7 Å². The number of hydrogen-bond acceptors (Lipinski definition) is 8. The lowest BCUT2D eigenvalue weighted by molar-refractivity contribution is -0.153. The van der Waals surface area contributed by atoms with Gasteiger partial charge in [-0.3, -0.25) is 4.79 Å². The molecule has 4 rings (SSSR count). The molecule has 0 spiro atoms. The van der Waals surface area contributed by atoms with Crippen molar-refractivity contribution >= 4 is 41.0 Å². The number of allylic oxidation sites excluding steroid dienone is 10. The van der Waals surface area contributed by atoms with Crippen LogP contribution < -0.4 is 20.5 Å². The van der Waals surface area contributed by atoms with Crippen LogP contribution in [0.3, 0.4) is 0 Å². The van der Waals surface area contributed by atoms with E-state index in [2.05, 4.69) is 66.9 Å². The number of nitrogens with two attached hydrogens (primary N) is 1. The Labute approximate surface area is 421 Å². The topological polar surface area (TPSA) is 126 Å². The Morgan fingerprint density at radius 1 is 0.592 bits per heavy atom. The number of hydrogen-bond donors (Lipinski definition) is 2. The summed E-state index contributed by atoms with van der Waals surface area (Å²) in [6, 6.07) is 20.8. The summed E-state index contributed by atoms with van der Waals surface area (Å²) in [6.07, 6.45) is 16.2. The molecule has 0 saturated carbocycles. The number of nitrogens with one attached hydrogen (secondary N) is 1. The molecule has 3 N–H and O–H groups in total. The molecule has 0 fully saturated rings. The Morgan fingerprint density at radius 2 is 1.00 bits per heavy atom. The first-order valence-corrected chi connectivity index (χ1v) is 23.5. The predicted molar refractivity (Wildman–Crippen MR) is 265 cm³/mol. The fourth-order valence-electron chi connectivity index (χ4n) is 6.03. The largest absolute Gasteiger partial charge is 0.474 e. The van der Waals surface area contributed by atoms with Gasteiger partial charge in [-0.15, -0.1) is 0 Å². The molecule has 4 aromatic rings. The molecular formula is C54H58Cl2F6N2O7. The summed E-state index contributed by atoms with van der Waals surface area (Å²) >= 11 is 11.8. The summed E-state index contributed by atoms with van der Waals surface area (Å²) in [5.74, 6) is -2.00. The van der Waals surface area contributed by atoms with E-state index >= 15 is 0 Å². The van der Waals surface area contributed by atoms with E-state index < -0.39 is 47.6 Å². The van der Waals surface area contributed by atoms with E-state index in [0.29, 0.717) is 34.0 Å². The van der Waals surface area contributed by atoms with Crippen LogP contribution in [0.5, 0.6) is 11.5 Å². The molecule has 0 aromatic heterocycles. The molecule has 2 atom stereocenters. The van der Waals surface area contributed by atoms with Crippen LogP contribution in [-0.4, -0.2) is 44.1 Å². The number of carbonyl (C=O) groups is 3. The zero-order valence-corrected chi connectivity index (χ0v) is 40.6. The molecule has 0 aliphatic heterocycles. The van der Waals surface area contributed by atoms with E-state index in [1.165, 1.54) is 72.8 Å². The molecule has 0 bridgehead atoms. The highest BCUT2D eigenvalue weighted by molar-refractivity contribution is 6.30. The third kappa shape index (κ3) is 24.4. The maximum Gasteiger partial charge on any atom is 0.416 e. The monoisotopic (exact) mass is 1030 g/mol. The van der Waals surface area contributed by atoms with Crippen LogP contribution in [0.15, 0.2) is 158 Å². The van der Waals surface area contributed by atoms with E-state index in [4.69, 9.17) is 47.9 Å². The number of amides is 1. The number of benzene rings is 4. The SMILES string of the molecule is CC/C=C\C/C=C\C/C=C\C/C=C\C/C=C\CCCC(=O)NCCOC(=O)[C@H](Oc1cccc(C(F)(F)F)c1)c1ccc(Cl)cc1.NCCOC(=O)[C@H](Oc1cccc(C(F)(F)F)c1)c1ccc(Cl)cc1. The van der Waals surface area contributed by atoms with Crippen molar-refractivity contribution in [2.24, 2.45) is 5.73 Å². The summed E-state index contributed by atoms with van der Waals surface area (Å²) in [4.78, 5) is 37.2. The van der Waals surface area contributed by atoms with Crippen LogP contribution in [0.4, 0.5) is 26.3 Å². The number of unbranched alkanes of at least 4 members (excludes halogenated alkanes) is 1. The van der Waals surface area contributed by atoms with Gasteiger partial charge < -0.3 is 30.0 Å². The lowest BCUT2D eigenvalue weighted by Crippen LogP contribution is -2.29. The molecule has 0 saturated heterocycles. The number of esters is 2. The van der Waals surface area contributed by atoms with Gasteiger partial charge in [0.1, 0.15) is 24.7 Å². The Bertz CT molecular complexity index is 2370. The van der Waals surface area contributed by atoms with E-state index in [9.17, 15) is 40.7 Å². The van der Waals surface area contributed by atoms with Gasteiger partial charge in [0.15, 0.2) is 0 Å². The molecule has 0 aliphatic rings. The Balaban J connectivity index is 0.000000446. The Kier molecular flexibility index (Phi) is 27.1. The van der Waals surface area contributed by atoms with Crippen molar-refractivity contribution in [2.45, 2.75) is 82.9 Å². The Hall–Kier alpha value is -6.29. The molecule has 0 heterocycles. The lowest BCUT2D eigenvalue weighted by Gasteiger charge is -2.19. The number of alkyl halides is 6. The van der Waals surface area contributed by atoms with Crippen molar-refractivity contribution in [1.29, 1.82) is 0 Å². The van der Waals surface area contributed by atoms with E-state index in [1.54, 1.807) is 0 Å². The highest BCUT2D eigenvalue weighted by Gasteiger charge is 2.33. The molecular weight excluding hydrogens is 973 g/mol. The highest BCUT2D eigenvalue weighted by atomic mass is 35.5. The number of carbonyl (C=O) groups excluding carboxylic acids is 3. The zero-order chi connectivity index (χ0) is 51.9. The minimum absolute atomic E-state index is 0.0329. The van der Waals surface area contributed by atoms with Gasteiger partial charge >= 0.3 is 24.3 Å². The van der Waals surface area contributed by atoms with Gasteiger partial charge in [-0.2, -0.15) is 26.3 Å². The zero-order valence-electron chi connectivity index (χ0n) is 39.1. The molecule has 9 nitrogen and oxygen atoms in total. The van der Waals surface area contributed by atoms with Crippen molar-refractivity contribution in [2.75, 3.05) is 26.3 Å². The minimum Gasteiger partial charge on any atom is -0.474 e. The second kappa shape index (κ2) is 32.6. The number of rotatable bonds is 26. The fourth-order valence-corrected chi connectivity index (χ4v) is 6.29. The van der Waals surface area contributed by atoms with Crippen LogP contribution in [0.1, 0.15) is 92.8 Å². The number of halogens is 8. The maximum absolute atomic E-state index is 13.1. The second-order valence-corrected chi connectivity index (χ2v) is 16.1. The normalized spacial score (nSPS) is 12.8. The summed E-state index contributed by atoms with van der Waals surface area (Å²) in [7, 11) is 0. The summed E-state index contributed by atoms with van der Waals surface area (Å²) in [5, 5.41) is 3.56. The van der Waals surface area contributed by atoms with Crippen molar-refractivity contribution in [3.63, 3.8) is 0 Å². The summed E-state index contributed by atoms with van der Waals surface area (Å²) < 4.78 is 99.3. The van der Waals surface area contributed by atoms with E-state index in [0.717, 1.165) is 62.8 Å². The molecule has 1 amide bonds. The molecule has 382 valence electrons. The summed E-state index contributed by atoms with van der Waals surface area (Å²) in [5.41, 5.74) is 4.26. The molecule has 17 heteroatoms. The van der Waals surface area contributed by atoms with Crippen molar-refractivity contribution in [3.05, 3.63) is 190 Å². The van der Waals surface area contributed by atoms with Crippen LogP contribution >= 0.6 is 23.2 Å². The standard InChI is InChI=1S/C37H43ClF3NO4.C17H15ClF3NO3/c1-2-3-4-5-6-7-8-9-10-11-12-13-14-15-16-17-18-22-34(43)42-27-28-45-36(44)35(30-23-25-32(38)26-24-30)46-33-21-19-20-31(29-33)37(39,40)41;18-13-6-4-11(5-7-13)15(16(23)24-9-8-22)25-14-3-1-2-12(10-14)17(19,20)21/h3-4,6-7,9-10,12-13,15-16,19-21,23-26,29,35H,2,5,8,11,14,17-18,22,27-28H2,1H3,(H,42,43);1-7,10,15H,8-9,22H2/b4-3-,7-6-,10-9-,13-12-,16-15-;/t35-;15-/m11/s1. The van der Waals surface area contributed by atoms with Gasteiger partial charge in [-0.05, 0) is 106 Å². The average molecular weight is 1030 g/mol. The first-order valence-electron chi connectivity index (χ1n) is 22.8. The molecule has 71 heavy (non-hydrogen) atoms. The molecule has 0 radical (unpaired) electrons. The van der Waals surface area contributed by atoms with Crippen molar-refractivity contribution < 1.29 is 59.7 Å². The Morgan fingerprint density at radius 3 is 1.41 bits per heavy atom. The van der Waals surface area contributed by atoms with E-state index in [-0.39, 0.29) is 43.7 Å². The van der Waals surface area contributed by atoms with Crippen LogP contribution in [0.2, 0.25) is 10.0 Å². The number of ether oxygens (including phenoxy) is 4. The van der Waals surface area contributed by atoms with Crippen LogP contribution in [0.25, 0.3) is 0 Å². The average Bonchev–Trinajstić information content (AvgIpc) is 3.34. The second-order valence-electron chi connectivity index (χ2n) is 15.2. The maximum atomic E-state index is 13.1. The fraction of sp³-hybridized carbons (Fsp3) is 0.315. The third-order valence-corrected chi connectivity index (χ3v) is 10.1. The minimum atomic E-state index is -4.57.